The first-order valence-corrected chi connectivity index (χ1v) is 3.78. The van der Waals surface area contributed by atoms with Crippen molar-refractivity contribution in [3.05, 3.63) is 0 Å². The van der Waals surface area contributed by atoms with E-state index in [1.165, 1.54) is 6.92 Å². The van der Waals surface area contributed by atoms with E-state index in [9.17, 15) is 22.0 Å². The minimum atomic E-state index is -4.18. The predicted molar refractivity (Wildman–Crippen MR) is 36.7 cm³/mol. The number of hydrogen-bond donors (Lipinski definition) is 0. The minimum absolute atomic E-state index is 0.452. The summed E-state index contributed by atoms with van der Waals surface area (Å²) < 4.78 is 64.3. The van der Waals surface area contributed by atoms with E-state index in [1.807, 2.05) is 0 Å². The predicted octanol–water partition coefficient (Wildman–Crippen LogP) is 3.00. The Kier molecular flexibility index (Phi) is 4.60. The van der Waals surface area contributed by atoms with Crippen molar-refractivity contribution in [1.29, 1.82) is 0 Å². The van der Waals surface area contributed by atoms with Crippen molar-refractivity contribution in [3.63, 3.8) is 0 Å². The molecule has 0 radical (unpaired) electrons. The van der Waals surface area contributed by atoms with Crippen LogP contribution in [0.25, 0.3) is 0 Å². The SMILES string of the molecule is CCC(F)(CCF)OC(F)(F)CF. The van der Waals surface area contributed by atoms with Crippen molar-refractivity contribution in [1.82, 2.24) is 0 Å². The van der Waals surface area contributed by atoms with Gasteiger partial charge in [-0.25, -0.2) is 8.78 Å². The van der Waals surface area contributed by atoms with Gasteiger partial charge in [-0.2, -0.15) is 8.78 Å². The molecule has 80 valence electrons. The van der Waals surface area contributed by atoms with E-state index in [0.29, 0.717) is 0 Å². The van der Waals surface area contributed by atoms with Crippen molar-refractivity contribution in [3.8, 4) is 0 Å². The fourth-order valence-corrected chi connectivity index (χ4v) is 0.736. The topological polar surface area (TPSA) is 9.23 Å². The van der Waals surface area contributed by atoms with Gasteiger partial charge in [0.1, 0.15) is 0 Å². The van der Waals surface area contributed by atoms with Crippen LogP contribution in [0.1, 0.15) is 19.8 Å². The molecule has 0 bridgehead atoms. The van der Waals surface area contributed by atoms with Gasteiger partial charge in [0.05, 0.1) is 6.67 Å². The summed E-state index contributed by atoms with van der Waals surface area (Å²) in [4.78, 5) is 0. The molecular weight excluding hydrogens is 195 g/mol. The lowest BCUT2D eigenvalue weighted by Crippen LogP contribution is -2.37. The number of rotatable bonds is 6. The van der Waals surface area contributed by atoms with E-state index >= 15 is 0 Å². The summed E-state index contributed by atoms with van der Waals surface area (Å²) in [5.41, 5.74) is 0. The Bertz CT molecular complexity index is 152. The molecule has 0 amide bonds. The van der Waals surface area contributed by atoms with Crippen molar-refractivity contribution in [2.24, 2.45) is 0 Å². The van der Waals surface area contributed by atoms with Crippen LogP contribution in [-0.4, -0.2) is 25.3 Å². The first-order chi connectivity index (χ1) is 5.89. The summed E-state index contributed by atoms with van der Waals surface area (Å²) in [5, 5.41) is 0. The molecule has 13 heavy (non-hydrogen) atoms. The van der Waals surface area contributed by atoms with E-state index in [1.54, 1.807) is 0 Å². The molecule has 0 aromatic carbocycles. The second kappa shape index (κ2) is 4.74. The highest BCUT2D eigenvalue weighted by atomic mass is 19.3. The number of hydrogen-bond acceptors (Lipinski definition) is 1. The molecule has 0 saturated heterocycles. The lowest BCUT2D eigenvalue weighted by Gasteiger charge is -2.26. The zero-order chi connectivity index (χ0) is 10.5. The third kappa shape index (κ3) is 4.40. The fourth-order valence-electron chi connectivity index (χ4n) is 0.736. The van der Waals surface area contributed by atoms with Crippen molar-refractivity contribution < 1.29 is 26.7 Å². The third-order valence-corrected chi connectivity index (χ3v) is 1.48. The van der Waals surface area contributed by atoms with Gasteiger partial charge in [0.15, 0.2) is 6.67 Å². The molecule has 1 unspecified atom stereocenters. The van der Waals surface area contributed by atoms with Crippen LogP contribution < -0.4 is 0 Å². The maximum Gasteiger partial charge on any atom is 0.386 e. The van der Waals surface area contributed by atoms with Gasteiger partial charge in [0, 0.05) is 12.8 Å². The van der Waals surface area contributed by atoms with Gasteiger partial charge < -0.3 is 0 Å². The highest BCUT2D eigenvalue weighted by molar-refractivity contribution is 4.68. The van der Waals surface area contributed by atoms with E-state index in [2.05, 4.69) is 4.74 Å². The number of halogens is 5. The monoisotopic (exact) mass is 206 g/mol. The summed E-state index contributed by atoms with van der Waals surface area (Å²) in [6.07, 6.45) is -5.45. The average molecular weight is 206 g/mol. The molecule has 1 atom stereocenters. The van der Waals surface area contributed by atoms with Crippen LogP contribution in [0.3, 0.4) is 0 Å². The van der Waals surface area contributed by atoms with Crippen LogP contribution >= 0.6 is 0 Å². The molecule has 0 spiro atoms. The Labute approximate surface area is 72.9 Å². The molecule has 0 saturated carbocycles. The molecular formula is C7H11F5O. The van der Waals surface area contributed by atoms with E-state index in [0.717, 1.165) is 0 Å². The fraction of sp³-hybridized carbons (Fsp3) is 1.00. The van der Waals surface area contributed by atoms with Crippen LogP contribution in [0.5, 0.6) is 0 Å². The van der Waals surface area contributed by atoms with Crippen molar-refractivity contribution in [2.75, 3.05) is 13.3 Å². The molecule has 0 aromatic heterocycles. The second-order valence-corrected chi connectivity index (χ2v) is 2.55. The summed E-state index contributed by atoms with van der Waals surface area (Å²) >= 11 is 0. The number of ether oxygens (including phenoxy) is 1. The van der Waals surface area contributed by atoms with Gasteiger partial charge in [-0.1, -0.05) is 6.92 Å². The molecule has 0 aliphatic carbocycles. The molecule has 0 rings (SSSR count). The maximum atomic E-state index is 13.1. The van der Waals surface area contributed by atoms with E-state index in [-0.39, 0.29) is 0 Å². The van der Waals surface area contributed by atoms with Crippen LogP contribution in [-0.2, 0) is 4.74 Å². The Morgan fingerprint density at radius 1 is 1.15 bits per heavy atom. The largest absolute Gasteiger partial charge is 0.386 e. The second-order valence-electron chi connectivity index (χ2n) is 2.55. The highest BCUT2D eigenvalue weighted by Crippen LogP contribution is 2.31. The third-order valence-electron chi connectivity index (χ3n) is 1.48. The molecule has 1 nitrogen and oxygen atoms in total. The lowest BCUT2D eigenvalue weighted by molar-refractivity contribution is -0.338. The Balaban J connectivity index is 4.25. The summed E-state index contributed by atoms with van der Waals surface area (Å²) in [6, 6.07) is 0. The van der Waals surface area contributed by atoms with E-state index < -0.39 is 38.2 Å². The molecule has 0 heterocycles. The first-order valence-electron chi connectivity index (χ1n) is 3.78. The van der Waals surface area contributed by atoms with Crippen molar-refractivity contribution in [2.45, 2.75) is 31.7 Å². The zero-order valence-electron chi connectivity index (χ0n) is 7.13. The van der Waals surface area contributed by atoms with Gasteiger partial charge in [0.25, 0.3) is 0 Å². The summed E-state index contributed by atoms with van der Waals surface area (Å²) in [7, 11) is 0. The summed E-state index contributed by atoms with van der Waals surface area (Å²) in [5.74, 6) is -2.79. The zero-order valence-corrected chi connectivity index (χ0v) is 7.13. The number of alkyl halides is 5. The van der Waals surface area contributed by atoms with Crippen LogP contribution in [0, 0.1) is 0 Å². The lowest BCUT2D eigenvalue weighted by atomic mass is 10.2. The smallest absolute Gasteiger partial charge is 0.281 e. The van der Waals surface area contributed by atoms with Gasteiger partial charge in [-0.3, -0.25) is 9.13 Å². The van der Waals surface area contributed by atoms with Gasteiger partial charge in [-0.15, -0.1) is 0 Å². The van der Waals surface area contributed by atoms with Gasteiger partial charge in [-0.05, 0) is 0 Å². The van der Waals surface area contributed by atoms with Crippen LogP contribution in [0.2, 0.25) is 0 Å². The Morgan fingerprint density at radius 3 is 2.00 bits per heavy atom. The molecule has 0 aromatic rings. The van der Waals surface area contributed by atoms with E-state index in [4.69, 9.17) is 0 Å². The molecule has 0 aliphatic rings. The Morgan fingerprint density at radius 2 is 1.69 bits per heavy atom. The quantitative estimate of drug-likeness (QED) is 0.607. The average Bonchev–Trinajstić information content (AvgIpc) is 2.04. The van der Waals surface area contributed by atoms with Crippen molar-refractivity contribution >= 4 is 0 Å². The minimum Gasteiger partial charge on any atom is -0.281 e. The normalized spacial score (nSPS) is 17.1. The van der Waals surface area contributed by atoms with Crippen LogP contribution in [0.15, 0.2) is 0 Å². The van der Waals surface area contributed by atoms with Gasteiger partial charge in [0.2, 0.25) is 5.85 Å². The molecule has 0 fully saturated rings. The van der Waals surface area contributed by atoms with Gasteiger partial charge >= 0.3 is 6.11 Å². The summed E-state index contributed by atoms with van der Waals surface area (Å²) in [6.45, 7) is -2.04. The molecule has 0 N–H and O–H groups in total. The maximum absolute atomic E-state index is 13.1. The molecule has 0 aliphatic heterocycles. The van der Waals surface area contributed by atoms with Crippen LogP contribution in [0.4, 0.5) is 22.0 Å². The molecule has 6 heteroatoms. The Hall–Kier alpha value is -0.390. The standard InChI is InChI=1S/C7H11F5O/c1-2-6(10,3-4-8)13-7(11,12)5-9/h2-5H2,1H3. The first kappa shape index (κ1) is 12.6. The highest BCUT2D eigenvalue weighted by Gasteiger charge is 2.42.